The van der Waals surface area contributed by atoms with Crippen molar-refractivity contribution in [2.24, 2.45) is 5.92 Å². The van der Waals surface area contributed by atoms with E-state index in [1.54, 1.807) is 0 Å². The molecule has 0 aromatic heterocycles. The Labute approximate surface area is 111 Å². The lowest BCUT2D eigenvalue weighted by Gasteiger charge is -2.33. The van der Waals surface area contributed by atoms with Crippen LogP contribution in [0.25, 0.3) is 0 Å². The van der Waals surface area contributed by atoms with Crippen LogP contribution in [0.15, 0.2) is 0 Å². The maximum atomic E-state index is 5.21. The maximum Gasteiger partial charge on any atom is 0.0545 e. The molecule has 0 radical (unpaired) electrons. The summed E-state index contributed by atoms with van der Waals surface area (Å²) in [6, 6.07) is 0.727. The molecule has 2 nitrogen and oxygen atoms in total. The Morgan fingerprint density at radius 2 is 2.12 bits per heavy atom. The minimum absolute atomic E-state index is 0.727. The van der Waals surface area contributed by atoms with Crippen molar-refractivity contribution in [2.45, 2.75) is 32.7 Å². The Hall–Kier alpha value is -0.170. The first-order chi connectivity index (χ1) is 8.22. The maximum absolute atomic E-state index is 5.21. The number of hydrogen-bond acceptors (Lipinski definition) is 3. The van der Waals surface area contributed by atoms with Gasteiger partial charge in [-0.25, -0.2) is 0 Å². The zero-order chi connectivity index (χ0) is 12.5. The van der Waals surface area contributed by atoms with Crippen molar-refractivity contribution >= 4 is 11.8 Å². The van der Waals surface area contributed by atoms with Crippen LogP contribution in [0.3, 0.4) is 0 Å². The number of piperidine rings is 1. The molecular formula is C14H26N2S. The molecule has 0 atom stereocenters. The number of terminal acetylenes is 1. The first kappa shape index (κ1) is 14.9. The summed E-state index contributed by atoms with van der Waals surface area (Å²) in [6.45, 7) is 9.46. The molecule has 1 N–H and O–H groups in total. The molecule has 0 aliphatic carbocycles. The average molecular weight is 254 g/mol. The van der Waals surface area contributed by atoms with E-state index in [4.69, 9.17) is 6.42 Å². The Balaban J connectivity index is 2.01. The van der Waals surface area contributed by atoms with Crippen molar-refractivity contribution in [3.8, 4) is 12.3 Å². The molecule has 17 heavy (non-hydrogen) atoms. The fraction of sp³-hybridized carbons (Fsp3) is 0.857. The van der Waals surface area contributed by atoms with E-state index in [-0.39, 0.29) is 0 Å². The smallest absolute Gasteiger partial charge is 0.0545 e. The second kappa shape index (κ2) is 8.85. The lowest BCUT2D eigenvalue weighted by Crippen LogP contribution is -2.44. The molecule has 0 saturated carbocycles. The molecular weight excluding hydrogens is 228 g/mol. The van der Waals surface area contributed by atoms with Gasteiger partial charge in [-0.1, -0.05) is 19.8 Å². The summed E-state index contributed by atoms with van der Waals surface area (Å²) in [5.41, 5.74) is 0. The van der Waals surface area contributed by atoms with Crippen LogP contribution in [-0.2, 0) is 0 Å². The van der Waals surface area contributed by atoms with Crippen molar-refractivity contribution < 1.29 is 0 Å². The summed E-state index contributed by atoms with van der Waals surface area (Å²) in [6.07, 6.45) is 7.81. The van der Waals surface area contributed by atoms with Crippen LogP contribution >= 0.6 is 11.8 Å². The normalized spacial score (nSPS) is 18.5. The molecule has 1 heterocycles. The predicted molar refractivity (Wildman–Crippen MR) is 78.5 cm³/mol. The van der Waals surface area contributed by atoms with Gasteiger partial charge in [0.15, 0.2) is 0 Å². The van der Waals surface area contributed by atoms with Crippen LogP contribution in [0.1, 0.15) is 26.7 Å². The second-order valence-corrected chi connectivity index (χ2v) is 6.28. The molecule has 0 amide bonds. The quantitative estimate of drug-likeness (QED) is 0.553. The fourth-order valence-corrected chi connectivity index (χ4v) is 2.83. The Bertz CT molecular complexity index is 227. The largest absolute Gasteiger partial charge is 0.313 e. The van der Waals surface area contributed by atoms with Crippen LogP contribution in [0.5, 0.6) is 0 Å². The van der Waals surface area contributed by atoms with E-state index >= 15 is 0 Å². The molecule has 1 saturated heterocycles. The van der Waals surface area contributed by atoms with Gasteiger partial charge in [0.2, 0.25) is 0 Å². The highest BCUT2D eigenvalue weighted by atomic mass is 32.2. The van der Waals surface area contributed by atoms with Crippen LogP contribution in [0.4, 0.5) is 0 Å². The van der Waals surface area contributed by atoms with Gasteiger partial charge in [-0.15, -0.1) is 18.2 Å². The number of thioether (sulfide) groups is 1. The van der Waals surface area contributed by atoms with Gasteiger partial charge in [-0.2, -0.15) is 0 Å². The summed E-state index contributed by atoms with van der Waals surface area (Å²) in [4.78, 5) is 2.59. The topological polar surface area (TPSA) is 15.3 Å². The molecule has 1 rings (SSSR count). The molecule has 0 spiro atoms. The van der Waals surface area contributed by atoms with Gasteiger partial charge in [0.05, 0.1) is 5.75 Å². The van der Waals surface area contributed by atoms with E-state index in [0.29, 0.717) is 0 Å². The first-order valence-electron chi connectivity index (χ1n) is 6.69. The van der Waals surface area contributed by atoms with E-state index < -0.39 is 0 Å². The van der Waals surface area contributed by atoms with E-state index in [9.17, 15) is 0 Å². The number of nitrogens with zero attached hydrogens (tertiary/aromatic N) is 1. The van der Waals surface area contributed by atoms with Gasteiger partial charge in [0.1, 0.15) is 0 Å². The Kier molecular flexibility index (Phi) is 7.75. The standard InChI is InChI=1S/C14H26N2S/c1-4-10-17-11-7-15-14-5-8-16(9-6-14)12-13(2)3/h1,13-15H,5-12H2,2-3H3. The first-order valence-corrected chi connectivity index (χ1v) is 7.84. The van der Waals surface area contributed by atoms with Crippen molar-refractivity contribution in [2.75, 3.05) is 37.7 Å². The molecule has 0 unspecified atom stereocenters. The van der Waals surface area contributed by atoms with Gasteiger partial charge < -0.3 is 10.2 Å². The molecule has 98 valence electrons. The van der Waals surface area contributed by atoms with Crippen molar-refractivity contribution in [1.29, 1.82) is 0 Å². The van der Waals surface area contributed by atoms with Crippen LogP contribution < -0.4 is 5.32 Å². The molecule has 1 fully saturated rings. The SMILES string of the molecule is C#CCSCCNC1CCN(CC(C)C)CC1. The summed E-state index contributed by atoms with van der Waals surface area (Å²) < 4.78 is 0. The molecule has 0 aromatic carbocycles. The summed E-state index contributed by atoms with van der Waals surface area (Å²) >= 11 is 1.84. The van der Waals surface area contributed by atoms with Crippen molar-refractivity contribution in [3.05, 3.63) is 0 Å². The molecule has 1 aliphatic rings. The Morgan fingerprint density at radius 1 is 1.41 bits per heavy atom. The van der Waals surface area contributed by atoms with Crippen molar-refractivity contribution in [3.63, 3.8) is 0 Å². The number of rotatable bonds is 7. The molecule has 0 aromatic rings. The van der Waals surface area contributed by atoms with Crippen molar-refractivity contribution in [1.82, 2.24) is 10.2 Å². The highest BCUT2D eigenvalue weighted by molar-refractivity contribution is 7.99. The van der Waals surface area contributed by atoms with Gasteiger partial charge >= 0.3 is 0 Å². The third-order valence-corrected chi connectivity index (χ3v) is 3.94. The fourth-order valence-electron chi connectivity index (χ4n) is 2.30. The van der Waals surface area contributed by atoms with Crippen LogP contribution in [-0.4, -0.2) is 48.6 Å². The highest BCUT2D eigenvalue weighted by Crippen LogP contribution is 2.12. The van der Waals surface area contributed by atoms with E-state index in [1.165, 1.54) is 32.5 Å². The number of nitrogens with one attached hydrogen (secondary N) is 1. The Morgan fingerprint density at radius 3 is 2.71 bits per heavy atom. The lowest BCUT2D eigenvalue weighted by molar-refractivity contribution is 0.181. The summed E-state index contributed by atoms with van der Waals surface area (Å²) in [5, 5.41) is 3.64. The number of likely N-dealkylation sites (tertiary alicyclic amines) is 1. The number of hydrogen-bond donors (Lipinski definition) is 1. The minimum atomic E-state index is 0.727. The highest BCUT2D eigenvalue weighted by Gasteiger charge is 2.18. The average Bonchev–Trinajstić information content (AvgIpc) is 2.30. The summed E-state index contributed by atoms with van der Waals surface area (Å²) in [7, 11) is 0. The third kappa shape index (κ3) is 6.98. The van der Waals surface area contributed by atoms with Gasteiger partial charge in [-0.3, -0.25) is 0 Å². The van der Waals surface area contributed by atoms with E-state index in [0.717, 1.165) is 30.0 Å². The second-order valence-electron chi connectivity index (χ2n) is 5.18. The molecule has 1 aliphatic heterocycles. The van der Waals surface area contributed by atoms with Gasteiger partial charge in [0.25, 0.3) is 0 Å². The molecule has 3 heteroatoms. The van der Waals surface area contributed by atoms with E-state index in [2.05, 4.69) is 30.0 Å². The lowest BCUT2D eigenvalue weighted by atomic mass is 10.0. The zero-order valence-electron chi connectivity index (χ0n) is 11.2. The minimum Gasteiger partial charge on any atom is -0.313 e. The van der Waals surface area contributed by atoms with Crippen LogP contribution in [0, 0.1) is 18.3 Å². The predicted octanol–water partition coefficient (Wildman–Crippen LogP) is 2.06. The van der Waals surface area contributed by atoms with Crippen LogP contribution in [0.2, 0.25) is 0 Å². The van der Waals surface area contributed by atoms with E-state index in [1.807, 2.05) is 11.8 Å². The zero-order valence-corrected chi connectivity index (χ0v) is 12.1. The van der Waals surface area contributed by atoms with Gasteiger partial charge in [0, 0.05) is 24.9 Å². The molecule has 0 bridgehead atoms. The van der Waals surface area contributed by atoms with Gasteiger partial charge in [-0.05, 0) is 31.8 Å². The monoisotopic (exact) mass is 254 g/mol. The third-order valence-electron chi connectivity index (χ3n) is 3.08. The summed E-state index contributed by atoms with van der Waals surface area (Å²) in [5.74, 6) is 5.43.